The van der Waals surface area contributed by atoms with E-state index in [9.17, 15) is 4.79 Å². The highest BCUT2D eigenvalue weighted by Crippen LogP contribution is 2.27. The van der Waals surface area contributed by atoms with Crippen LogP contribution in [0.3, 0.4) is 0 Å². The first kappa shape index (κ1) is 13.6. The van der Waals surface area contributed by atoms with Gasteiger partial charge in [0, 0.05) is 16.4 Å². The van der Waals surface area contributed by atoms with Crippen molar-refractivity contribution in [3.63, 3.8) is 0 Å². The second-order valence-electron chi connectivity index (χ2n) is 5.02. The van der Waals surface area contributed by atoms with Crippen molar-refractivity contribution >= 4 is 21.8 Å². The van der Waals surface area contributed by atoms with E-state index in [1.807, 2.05) is 31.2 Å². The second kappa shape index (κ2) is 5.85. The van der Waals surface area contributed by atoms with Crippen LogP contribution in [0.15, 0.2) is 28.7 Å². The van der Waals surface area contributed by atoms with Gasteiger partial charge in [-0.05, 0) is 37.8 Å². The van der Waals surface area contributed by atoms with Crippen LogP contribution in [0.2, 0.25) is 0 Å². The zero-order chi connectivity index (χ0) is 13.1. The van der Waals surface area contributed by atoms with Crippen LogP contribution in [0.4, 0.5) is 0 Å². The van der Waals surface area contributed by atoms with E-state index >= 15 is 0 Å². The van der Waals surface area contributed by atoms with Crippen LogP contribution in [0, 0.1) is 5.92 Å². The number of hydrogen-bond donors (Lipinski definition) is 2. The number of carbonyl (C=O) groups is 1. The third kappa shape index (κ3) is 3.12. The lowest BCUT2D eigenvalue weighted by Gasteiger charge is -2.18. The molecule has 0 saturated heterocycles. The van der Waals surface area contributed by atoms with Gasteiger partial charge >= 0.3 is 0 Å². The molecule has 2 unspecified atom stereocenters. The van der Waals surface area contributed by atoms with Crippen molar-refractivity contribution in [3.8, 4) is 0 Å². The van der Waals surface area contributed by atoms with Crippen LogP contribution in [0.1, 0.15) is 37.8 Å². The van der Waals surface area contributed by atoms with Crippen LogP contribution in [0.25, 0.3) is 0 Å². The number of rotatable bonds is 3. The van der Waals surface area contributed by atoms with Crippen molar-refractivity contribution < 1.29 is 4.79 Å². The number of hydrogen-bond acceptors (Lipinski definition) is 2. The number of nitrogens with two attached hydrogens (primary N) is 1. The van der Waals surface area contributed by atoms with Crippen LogP contribution in [0.5, 0.6) is 0 Å². The van der Waals surface area contributed by atoms with Crippen molar-refractivity contribution in [2.75, 3.05) is 0 Å². The molecule has 1 aromatic carbocycles. The molecular weight excluding hydrogens is 292 g/mol. The van der Waals surface area contributed by atoms with Crippen LogP contribution in [-0.2, 0) is 4.79 Å². The summed E-state index contributed by atoms with van der Waals surface area (Å²) >= 11 is 3.51. The van der Waals surface area contributed by atoms with Gasteiger partial charge in [0.2, 0.25) is 5.91 Å². The molecule has 0 aromatic heterocycles. The van der Waals surface area contributed by atoms with Crippen molar-refractivity contribution in [1.82, 2.24) is 5.32 Å². The zero-order valence-corrected chi connectivity index (χ0v) is 12.1. The van der Waals surface area contributed by atoms with Gasteiger partial charge in [0.15, 0.2) is 0 Å². The fourth-order valence-electron chi connectivity index (χ4n) is 2.49. The Morgan fingerprint density at radius 1 is 1.44 bits per heavy atom. The zero-order valence-electron chi connectivity index (χ0n) is 10.5. The van der Waals surface area contributed by atoms with Gasteiger partial charge in [0.25, 0.3) is 0 Å². The van der Waals surface area contributed by atoms with Gasteiger partial charge in [-0.25, -0.2) is 0 Å². The fourth-order valence-corrected chi connectivity index (χ4v) is 3.12. The first-order valence-corrected chi connectivity index (χ1v) is 7.17. The molecule has 1 aliphatic carbocycles. The molecule has 1 aliphatic rings. The number of halogens is 1. The Morgan fingerprint density at radius 2 is 2.17 bits per heavy atom. The van der Waals surface area contributed by atoms with Gasteiger partial charge in [-0.1, -0.05) is 34.1 Å². The van der Waals surface area contributed by atoms with Crippen molar-refractivity contribution in [2.24, 2.45) is 11.7 Å². The summed E-state index contributed by atoms with van der Waals surface area (Å²) in [5.74, 6) is 0.219. The van der Waals surface area contributed by atoms with Crippen LogP contribution >= 0.6 is 15.9 Å². The summed E-state index contributed by atoms with van der Waals surface area (Å²) in [7, 11) is 0. The summed E-state index contributed by atoms with van der Waals surface area (Å²) in [6.45, 7) is 2.01. The highest BCUT2D eigenvalue weighted by atomic mass is 79.9. The molecule has 0 heterocycles. The molecule has 3 N–H and O–H groups in total. The fraction of sp³-hybridized carbons (Fsp3) is 0.500. The summed E-state index contributed by atoms with van der Waals surface area (Å²) in [6.07, 6.45) is 2.69. The third-order valence-electron chi connectivity index (χ3n) is 3.57. The van der Waals surface area contributed by atoms with Gasteiger partial charge in [-0.3, -0.25) is 4.79 Å². The number of nitrogens with one attached hydrogen (secondary N) is 1. The lowest BCUT2D eigenvalue weighted by molar-refractivity contribution is -0.125. The summed E-state index contributed by atoms with van der Waals surface area (Å²) in [5, 5.41) is 3.08. The summed E-state index contributed by atoms with van der Waals surface area (Å²) < 4.78 is 1.03. The van der Waals surface area contributed by atoms with E-state index in [1.165, 1.54) is 0 Å². The molecule has 3 atom stereocenters. The maximum Gasteiger partial charge on any atom is 0.223 e. The molecule has 1 saturated carbocycles. The Bertz CT molecular complexity index is 436. The van der Waals surface area contributed by atoms with E-state index in [4.69, 9.17) is 5.73 Å². The molecule has 0 aliphatic heterocycles. The standard InChI is InChI=1S/C14H19BrN2O/c1-9(12-4-2-3-5-13(12)15)17-14(18)10-6-7-11(16)8-10/h2-5,9-11H,6-8,16H2,1H3,(H,17,18)/t9-,10?,11?/m0/s1. The molecule has 1 fully saturated rings. The molecule has 0 radical (unpaired) electrons. The quantitative estimate of drug-likeness (QED) is 0.902. The molecule has 4 heteroatoms. The first-order valence-electron chi connectivity index (χ1n) is 6.38. The van der Waals surface area contributed by atoms with Gasteiger partial charge in [0.05, 0.1) is 6.04 Å². The van der Waals surface area contributed by atoms with Gasteiger partial charge in [-0.2, -0.15) is 0 Å². The molecule has 1 amide bonds. The Labute approximate surface area is 116 Å². The van der Waals surface area contributed by atoms with E-state index in [0.717, 1.165) is 29.3 Å². The summed E-state index contributed by atoms with van der Waals surface area (Å²) in [5.41, 5.74) is 6.95. The maximum absolute atomic E-state index is 12.1. The van der Waals surface area contributed by atoms with Crippen LogP contribution in [-0.4, -0.2) is 11.9 Å². The smallest absolute Gasteiger partial charge is 0.223 e. The van der Waals surface area contributed by atoms with Crippen molar-refractivity contribution in [1.29, 1.82) is 0 Å². The minimum atomic E-state index is 0.0184. The number of amides is 1. The Balaban J connectivity index is 1.97. The SMILES string of the molecule is C[C@H](NC(=O)C1CCC(N)C1)c1ccccc1Br. The predicted octanol–water partition coefficient (Wildman–Crippen LogP) is 2.75. The van der Waals surface area contributed by atoms with E-state index in [0.29, 0.717) is 0 Å². The predicted molar refractivity (Wildman–Crippen MR) is 76.0 cm³/mol. The third-order valence-corrected chi connectivity index (χ3v) is 4.30. The topological polar surface area (TPSA) is 55.1 Å². The monoisotopic (exact) mass is 310 g/mol. The highest BCUT2D eigenvalue weighted by molar-refractivity contribution is 9.10. The van der Waals surface area contributed by atoms with Crippen molar-refractivity contribution in [3.05, 3.63) is 34.3 Å². The van der Waals surface area contributed by atoms with Gasteiger partial charge < -0.3 is 11.1 Å². The highest BCUT2D eigenvalue weighted by Gasteiger charge is 2.28. The molecule has 1 aromatic rings. The normalized spacial score (nSPS) is 24.8. The second-order valence-corrected chi connectivity index (χ2v) is 5.88. The molecule has 0 bridgehead atoms. The maximum atomic E-state index is 12.1. The Kier molecular flexibility index (Phi) is 4.40. The molecule has 18 heavy (non-hydrogen) atoms. The molecule has 2 rings (SSSR count). The number of carbonyl (C=O) groups excluding carboxylic acids is 1. The van der Waals surface area contributed by atoms with E-state index in [2.05, 4.69) is 21.2 Å². The molecule has 3 nitrogen and oxygen atoms in total. The summed E-state index contributed by atoms with van der Waals surface area (Å²) in [4.78, 5) is 12.1. The summed E-state index contributed by atoms with van der Waals surface area (Å²) in [6, 6.07) is 8.18. The lowest BCUT2D eigenvalue weighted by Crippen LogP contribution is -2.32. The van der Waals surface area contributed by atoms with Gasteiger partial charge in [0.1, 0.15) is 0 Å². The average Bonchev–Trinajstić information content (AvgIpc) is 2.76. The minimum Gasteiger partial charge on any atom is -0.349 e. The largest absolute Gasteiger partial charge is 0.349 e. The average molecular weight is 311 g/mol. The van der Waals surface area contributed by atoms with Crippen molar-refractivity contribution in [2.45, 2.75) is 38.3 Å². The van der Waals surface area contributed by atoms with E-state index in [-0.39, 0.29) is 23.9 Å². The molecular formula is C14H19BrN2O. The Hall–Kier alpha value is -0.870. The molecule has 0 spiro atoms. The lowest BCUT2D eigenvalue weighted by atomic mass is 10.0. The van der Waals surface area contributed by atoms with Gasteiger partial charge in [-0.15, -0.1) is 0 Å². The molecule has 98 valence electrons. The Morgan fingerprint density at radius 3 is 2.78 bits per heavy atom. The number of benzene rings is 1. The van der Waals surface area contributed by atoms with Crippen LogP contribution < -0.4 is 11.1 Å². The minimum absolute atomic E-state index is 0.0184. The van der Waals surface area contributed by atoms with E-state index in [1.54, 1.807) is 0 Å². The first-order chi connectivity index (χ1) is 8.58. The van der Waals surface area contributed by atoms with E-state index < -0.39 is 0 Å².